The number of amides is 2. The number of hydrogen-bond donors (Lipinski definition) is 2. The fourth-order valence-corrected chi connectivity index (χ4v) is 4.60. The summed E-state index contributed by atoms with van der Waals surface area (Å²) in [5.41, 5.74) is 3.69. The Bertz CT molecular complexity index is 1070. The van der Waals surface area contributed by atoms with Gasteiger partial charge in [0.05, 0.1) is 6.04 Å². The van der Waals surface area contributed by atoms with Gasteiger partial charge in [-0.15, -0.1) is 0 Å². The molecule has 0 saturated heterocycles. The highest BCUT2D eigenvalue weighted by atomic mass is 16.2. The molecule has 2 heterocycles. The molecule has 2 aromatic carbocycles. The topological polar surface area (TPSA) is 65.2 Å². The van der Waals surface area contributed by atoms with Gasteiger partial charge in [-0.1, -0.05) is 69.5 Å². The molecule has 2 atom stereocenters. The van der Waals surface area contributed by atoms with Gasteiger partial charge in [-0.25, -0.2) is 0 Å². The Morgan fingerprint density at radius 3 is 2.68 bits per heavy atom. The predicted octanol–water partition coefficient (Wildman–Crippen LogP) is 5.05. The van der Waals surface area contributed by atoms with Crippen LogP contribution in [0, 0.1) is 5.92 Å². The van der Waals surface area contributed by atoms with Crippen LogP contribution in [0.4, 0.5) is 0 Å². The molecule has 0 unspecified atom stereocenters. The van der Waals surface area contributed by atoms with E-state index in [-0.39, 0.29) is 24.4 Å². The van der Waals surface area contributed by atoms with E-state index in [4.69, 9.17) is 0 Å². The van der Waals surface area contributed by atoms with Gasteiger partial charge in [0.2, 0.25) is 5.91 Å². The fourth-order valence-electron chi connectivity index (χ4n) is 4.60. The van der Waals surface area contributed by atoms with Crippen LogP contribution in [0.15, 0.2) is 54.7 Å². The van der Waals surface area contributed by atoms with E-state index < -0.39 is 0 Å². The lowest BCUT2D eigenvalue weighted by atomic mass is 9.97. The molecule has 162 valence electrons. The molecular weight excluding hydrogens is 386 g/mol. The van der Waals surface area contributed by atoms with Gasteiger partial charge in [0.25, 0.3) is 5.91 Å². The number of aromatic nitrogens is 1. The molecule has 0 saturated carbocycles. The van der Waals surface area contributed by atoms with Crippen LogP contribution in [-0.2, 0) is 4.79 Å². The van der Waals surface area contributed by atoms with Gasteiger partial charge in [0, 0.05) is 34.8 Å². The van der Waals surface area contributed by atoms with Crippen molar-refractivity contribution in [1.82, 2.24) is 15.2 Å². The van der Waals surface area contributed by atoms with Crippen molar-refractivity contribution in [3.63, 3.8) is 0 Å². The molecule has 2 amide bonds. The molecule has 0 spiro atoms. The lowest BCUT2D eigenvalue weighted by Crippen LogP contribution is -2.41. The van der Waals surface area contributed by atoms with E-state index >= 15 is 0 Å². The van der Waals surface area contributed by atoms with Crippen molar-refractivity contribution in [2.75, 3.05) is 13.1 Å². The third-order valence-corrected chi connectivity index (χ3v) is 6.42. The van der Waals surface area contributed by atoms with Gasteiger partial charge in [0.15, 0.2) is 0 Å². The molecule has 5 nitrogen and oxygen atoms in total. The van der Waals surface area contributed by atoms with Gasteiger partial charge in [0.1, 0.15) is 6.54 Å². The largest absolute Gasteiger partial charge is 0.361 e. The van der Waals surface area contributed by atoms with Gasteiger partial charge < -0.3 is 15.2 Å². The quantitative estimate of drug-likeness (QED) is 0.512. The van der Waals surface area contributed by atoms with E-state index in [9.17, 15) is 9.59 Å². The minimum Gasteiger partial charge on any atom is -0.361 e. The van der Waals surface area contributed by atoms with Crippen molar-refractivity contribution in [3.8, 4) is 0 Å². The van der Waals surface area contributed by atoms with Crippen molar-refractivity contribution in [3.05, 3.63) is 71.4 Å². The highest BCUT2D eigenvalue weighted by Gasteiger charge is 2.39. The first-order valence-electron chi connectivity index (χ1n) is 11.4. The zero-order chi connectivity index (χ0) is 21.8. The summed E-state index contributed by atoms with van der Waals surface area (Å²) in [4.78, 5) is 31.1. The highest BCUT2D eigenvalue weighted by molar-refractivity contribution is 6.02. The van der Waals surface area contributed by atoms with Crippen molar-refractivity contribution in [1.29, 1.82) is 0 Å². The second-order valence-electron chi connectivity index (χ2n) is 8.43. The zero-order valence-corrected chi connectivity index (χ0v) is 18.4. The van der Waals surface area contributed by atoms with Crippen molar-refractivity contribution >= 4 is 22.7 Å². The monoisotopic (exact) mass is 417 g/mol. The van der Waals surface area contributed by atoms with Gasteiger partial charge in [-0.3, -0.25) is 9.59 Å². The Kier molecular flexibility index (Phi) is 6.40. The Labute approximate surface area is 183 Å². The molecule has 1 aliphatic heterocycles. The lowest BCUT2D eigenvalue weighted by Gasteiger charge is -2.25. The van der Waals surface area contributed by atoms with Crippen LogP contribution in [0.1, 0.15) is 67.1 Å². The number of aromatic amines is 1. The van der Waals surface area contributed by atoms with Crippen molar-refractivity contribution in [2.24, 2.45) is 5.92 Å². The number of nitrogens with zero attached hydrogens (tertiary/aromatic N) is 1. The Morgan fingerprint density at radius 1 is 1.10 bits per heavy atom. The van der Waals surface area contributed by atoms with Gasteiger partial charge >= 0.3 is 0 Å². The number of hydrogen-bond acceptors (Lipinski definition) is 2. The Hall–Kier alpha value is -3.08. The third kappa shape index (κ3) is 4.22. The smallest absolute Gasteiger partial charge is 0.255 e. The first kappa shape index (κ1) is 21.2. The molecule has 1 aromatic heterocycles. The standard InChI is InChI=1S/C26H31N3O2/c1-3-5-10-18(4-2)15-28-24(30)17-29-25(20-12-6-7-13-21(20)26(29)31)22-16-27-23-14-9-8-11-19(22)23/h6-9,11-14,16,18,25,27H,3-5,10,15,17H2,1-2H3,(H,28,30)/t18-,25-/m0/s1. The molecule has 3 aromatic rings. The third-order valence-electron chi connectivity index (χ3n) is 6.42. The molecule has 5 heteroatoms. The number of rotatable bonds is 9. The molecule has 2 N–H and O–H groups in total. The summed E-state index contributed by atoms with van der Waals surface area (Å²) in [6, 6.07) is 15.5. The maximum atomic E-state index is 13.2. The lowest BCUT2D eigenvalue weighted by molar-refractivity contribution is -0.122. The SMILES string of the molecule is CCCC[C@H](CC)CNC(=O)CN1C(=O)c2ccccc2[C@H]1c1c[nH]c2ccccc12. The van der Waals surface area contributed by atoms with Crippen LogP contribution in [0.25, 0.3) is 10.9 Å². The van der Waals surface area contributed by atoms with E-state index in [1.165, 1.54) is 6.42 Å². The number of unbranched alkanes of at least 4 members (excludes halogenated alkanes) is 1. The maximum Gasteiger partial charge on any atom is 0.255 e. The van der Waals surface area contributed by atoms with Crippen LogP contribution in [0.5, 0.6) is 0 Å². The summed E-state index contributed by atoms with van der Waals surface area (Å²) >= 11 is 0. The van der Waals surface area contributed by atoms with E-state index in [1.54, 1.807) is 4.90 Å². The summed E-state index contributed by atoms with van der Waals surface area (Å²) < 4.78 is 0. The summed E-state index contributed by atoms with van der Waals surface area (Å²) in [7, 11) is 0. The molecule has 0 bridgehead atoms. The zero-order valence-electron chi connectivity index (χ0n) is 18.4. The minimum absolute atomic E-state index is 0.0574. The van der Waals surface area contributed by atoms with Crippen LogP contribution < -0.4 is 5.32 Å². The number of fused-ring (bicyclic) bond motifs is 2. The van der Waals surface area contributed by atoms with Crippen LogP contribution in [0.2, 0.25) is 0 Å². The van der Waals surface area contributed by atoms with Crippen molar-refractivity contribution < 1.29 is 9.59 Å². The molecule has 1 aliphatic rings. The van der Waals surface area contributed by atoms with Gasteiger partial charge in [-0.2, -0.15) is 0 Å². The number of carbonyl (C=O) groups is 2. The fraction of sp³-hybridized carbons (Fsp3) is 0.385. The number of benzene rings is 2. The van der Waals surface area contributed by atoms with Gasteiger partial charge in [-0.05, 0) is 30.0 Å². The molecule has 31 heavy (non-hydrogen) atoms. The summed E-state index contributed by atoms with van der Waals surface area (Å²) in [5, 5.41) is 4.16. The second-order valence-corrected chi connectivity index (χ2v) is 8.43. The van der Waals surface area contributed by atoms with Crippen LogP contribution in [-0.4, -0.2) is 34.8 Å². The molecule has 0 radical (unpaired) electrons. The number of H-pyrrole nitrogens is 1. The normalized spacial score (nSPS) is 16.5. The molecule has 0 aliphatic carbocycles. The predicted molar refractivity (Wildman–Crippen MR) is 124 cm³/mol. The van der Waals surface area contributed by atoms with Crippen molar-refractivity contribution in [2.45, 2.75) is 45.6 Å². The summed E-state index contributed by atoms with van der Waals surface area (Å²) in [6.45, 7) is 5.08. The number of nitrogens with one attached hydrogen (secondary N) is 2. The molecule has 4 rings (SSSR count). The Morgan fingerprint density at radius 2 is 1.87 bits per heavy atom. The first-order chi connectivity index (χ1) is 15.1. The average Bonchev–Trinajstić information content (AvgIpc) is 3.33. The maximum absolute atomic E-state index is 13.2. The summed E-state index contributed by atoms with van der Waals surface area (Å²) in [6.07, 6.45) is 6.48. The Balaban J connectivity index is 1.57. The van der Waals surface area contributed by atoms with E-state index in [2.05, 4.69) is 30.2 Å². The van der Waals surface area contributed by atoms with E-state index in [0.717, 1.165) is 41.3 Å². The highest BCUT2D eigenvalue weighted by Crippen LogP contribution is 2.40. The number of para-hydroxylation sites is 1. The van der Waals surface area contributed by atoms with Crippen LogP contribution in [0.3, 0.4) is 0 Å². The first-order valence-corrected chi connectivity index (χ1v) is 11.4. The second kappa shape index (κ2) is 9.38. The van der Waals surface area contributed by atoms with E-state index in [1.807, 2.05) is 48.7 Å². The van der Waals surface area contributed by atoms with Crippen LogP contribution >= 0.6 is 0 Å². The number of carbonyl (C=O) groups excluding carboxylic acids is 2. The molecule has 0 fully saturated rings. The van der Waals surface area contributed by atoms with E-state index in [0.29, 0.717) is 18.0 Å². The average molecular weight is 418 g/mol. The summed E-state index contributed by atoms with van der Waals surface area (Å²) in [5.74, 6) is 0.305. The molecular formula is C26H31N3O2. The minimum atomic E-state index is -0.271.